The summed E-state index contributed by atoms with van der Waals surface area (Å²) in [5.41, 5.74) is -0.0336. The van der Waals surface area contributed by atoms with Gasteiger partial charge in [-0.3, -0.25) is 9.59 Å². The van der Waals surface area contributed by atoms with Gasteiger partial charge in [-0.1, -0.05) is 13.8 Å². The summed E-state index contributed by atoms with van der Waals surface area (Å²) in [6, 6.07) is 0. The van der Waals surface area contributed by atoms with E-state index in [1.807, 2.05) is 13.8 Å². The van der Waals surface area contributed by atoms with Crippen molar-refractivity contribution in [2.75, 3.05) is 0 Å². The Balaban J connectivity index is 2.46. The van der Waals surface area contributed by atoms with Gasteiger partial charge in [-0.2, -0.15) is 0 Å². The van der Waals surface area contributed by atoms with E-state index in [1.54, 1.807) is 0 Å². The average Bonchev–Trinajstić information content (AvgIpc) is 2.27. The predicted molar refractivity (Wildman–Crippen MR) is 40.0 cm³/mol. The highest BCUT2D eigenvalue weighted by Gasteiger charge is 2.58. The van der Waals surface area contributed by atoms with Crippen LogP contribution in [0, 0.1) is 17.3 Å². The first kappa shape index (κ1) is 7.01. The van der Waals surface area contributed by atoms with E-state index in [-0.39, 0.29) is 28.8 Å². The fourth-order valence-electron chi connectivity index (χ4n) is 2.60. The molecule has 2 nitrogen and oxygen atoms in total. The zero-order chi connectivity index (χ0) is 8.22. The van der Waals surface area contributed by atoms with Crippen LogP contribution in [-0.4, -0.2) is 11.6 Å². The van der Waals surface area contributed by atoms with Crippen LogP contribution in [0.2, 0.25) is 0 Å². The molecule has 0 heterocycles. The van der Waals surface area contributed by atoms with E-state index in [4.69, 9.17) is 0 Å². The monoisotopic (exact) mass is 152 g/mol. The van der Waals surface area contributed by atoms with Crippen LogP contribution in [0.15, 0.2) is 0 Å². The molecule has 0 aromatic heterocycles. The van der Waals surface area contributed by atoms with Crippen molar-refractivity contribution in [2.45, 2.75) is 26.7 Å². The van der Waals surface area contributed by atoms with Gasteiger partial charge < -0.3 is 0 Å². The molecule has 0 N–H and O–H groups in total. The predicted octanol–water partition coefficient (Wildman–Crippen LogP) is 1.19. The van der Waals surface area contributed by atoms with Crippen LogP contribution >= 0.6 is 0 Å². The molecule has 2 atom stereocenters. The third-order valence-electron chi connectivity index (χ3n) is 3.42. The van der Waals surface area contributed by atoms with Gasteiger partial charge in [-0.15, -0.1) is 0 Å². The van der Waals surface area contributed by atoms with Crippen LogP contribution < -0.4 is 0 Å². The van der Waals surface area contributed by atoms with Crippen molar-refractivity contribution in [3.05, 3.63) is 0 Å². The SMILES string of the molecule is CC1(C)[C@@H]2CC[C@H]1C(=O)C2=O. The number of carbonyl (C=O) groups is 2. The number of rotatable bonds is 0. The van der Waals surface area contributed by atoms with E-state index < -0.39 is 0 Å². The van der Waals surface area contributed by atoms with Crippen molar-refractivity contribution < 1.29 is 9.59 Å². The number of Topliss-reactive ketones (excluding diaryl/α,β-unsaturated/α-hetero) is 2. The fraction of sp³-hybridized carbons (Fsp3) is 0.778. The van der Waals surface area contributed by atoms with Gasteiger partial charge in [0.1, 0.15) is 0 Å². The lowest BCUT2D eigenvalue weighted by molar-refractivity contribution is -0.138. The van der Waals surface area contributed by atoms with Crippen molar-refractivity contribution >= 4 is 11.6 Å². The van der Waals surface area contributed by atoms with E-state index in [0.717, 1.165) is 12.8 Å². The molecular weight excluding hydrogens is 140 g/mol. The number of hydrogen-bond acceptors (Lipinski definition) is 2. The van der Waals surface area contributed by atoms with Crippen LogP contribution in [0.4, 0.5) is 0 Å². The van der Waals surface area contributed by atoms with Gasteiger partial charge >= 0.3 is 0 Å². The molecule has 2 aliphatic carbocycles. The van der Waals surface area contributed by atoms with Gasteiger partial charge in [0.15, 0.2) is 0 Å². The molecule has 0 radical (unpaired) electrons. The summed E-state index contributed by atoms with van der Waals surface area (Å²) in [7, 11) is 0. The Bertz CT molecular complexity index is 216. The van der Waals surface area contributed by atoms with Crippen LogP contribution in [0.1, 0.15) is 26.7 Å². The normalized spacial score (nSPS) is 40.2. The molecule has 60 valence electrons. The first-order chi connectivity index (χ1) is 5.05. The van der Waals surface area contributed by atoms with Gasteiger partial charge in [0, 0.05) is 11.8 Å². The Morgan fingerprint density at radius 3 is 1.64 bits per heavy atom. The summed E-state index contributed by atoms with van der Waals surface area (Å²) in [6.07, 6.45) is 1.87. The zero-order valence-corrected chi connectivity index (χ0v) is 6.89. The molecule has 0 amide bonds. The molecule has 0 unspecified atom stereocenters. The largest absolute Gasteiger partial charge is 0.291 e. The molecule has 2 fully saturated rings. The smallest absolute Gasteiger partial charge is 0.202 e. The Morgan fingerprint density at radius 2 is 1.45 bits per heavy atom. The summed E-state index contributed by atoms with van der Waals surface area (Å²) in [5, 5.41) is 0. The first-order valence-corrected chi connectivity index (χ1v) is 4.13. The van der Waals surface area contributed by atoms with Crippen molar-refractivity contribution in [1.29, 1.82) is 0 Å². The maximum Gasteiger partial charge on any atom is 0.202 e. The van der Waals surface area contributed by atoms with Gasteiger partial charge in [0.05, 0.1) is 0 Å². The average molecular weight is 152 g/mol. The van der Waals surface area contributed by atoms with Crippen molar-refractivity contribution in [1.82, 2.24) is 0 Å². The second kappa shape index (κ2) is 1.74. The third kappa shape index (κ3) is 0.627. The minimum atomic E-state index is -0.105. The lowest BCUT2D eigenvalue weighted by atomic mass is 9.82. The minimum absolute atomic E-state index is 0.0336. The summed E-state index contributed by atoms with van der Waals surface area (Å²) in [5.74, 6) is -0.127. The highest BCUT2D eigenvalue weighted by atomic mass is 16.2. The Kier molecular flexibility index (Phi) is 1.11. The van der Waals surface area contributed by atoms with Crippen LogP contribution in [0.25, 0.3) is 0 Å². The fourth-order valence-corrected chi connectivity index (χ4v) is 2.60. The van der Waals surface area contributed by atoms with Gasteiger partial charge in [0.2, 0.25) is 11.6 Å². The van der Waals surface area contributed by atoms with E-state index in [1.165, 1.54) is 0 Å². The molecule has 2 heteroatoms. The van der Waals surface area contributed by atoms with Crippen LogP contribution in [0.5, 0.6) is 0 Å². The molecule has 0 saturated heterocycles. The molecule has 2 bridgehead atoms. The number of carbonyl (C=O) groups excluding carboxylic acids is 2. The molecule has 2 aliphatic rings. The highest BCUT2D eigenvalue weighted by Crippen LogP contribution is 2.53. The van der Waals surface area contributed by atoms with Gasteiger partial charge in [-0.05, 0) is 18.3 Å². The van der Waals surface area contributed by atoms with E-state index >= 15 is 0 Å². The molecule has 0 aliphatic heterocycles. The zero-order valence-electron chi connectivity index (χ0n) is 6.89. The standard InChI is InChI=1S/C9H12O2/c1-9(2)5-3-4-6(9)8(11)7(5)10/h5-6H,3-4H2,1-2H3/t5-,6+. The summed E-state index contributed by atoms with van der Waals surface area (Å²) in [4.78, 5) is 22.5. The molecule has 2 rings (SSSR count). The van der Waals surface area contributed by atoms with Gasteiger partial charge in [-0.25, -0.2) is 0 Å². The Morgan fingerprint density at radius 1 is 1.09 bits per heavy atom. The van der Waals surface area contributed by atoms with Crippen LogP contribution in [0.3, 0.4) is 0 Å². The molecule has 0 spiro atoms. The van der Waals surface area contributed by atoms with E-state index in [0.29, 0.717) is 0 Å². The maximum absolute atomic E-state index is 11.2. The molecular formula is C9H12O2. The molecule has 0 aromatic carbocycles. The van der Waals surface area contributed by atoms with E-state index in [9.17, 15) is 9.59 Å². The Hall–Kier alpha value is -0.660. The minimum Gasteiger partial charge on any atom is -0.291 e. The van der Waals surface area contributed by atoms with Gasteiger partial charge in [0.25, 0.3) is 0 Å². The quantitative estimate of drug-likeness (QED) is 0.488. The second-order valence-electron chi connectivity index (χ2n) is 4.23. The molecule has 0 aromatic rings. The topological polar surface area (TPSA) is 34.1 Å². The number of fused-ring (bicyclic) bond motifs is 2. The van der Waals surface area contributed by atoms with Crippen molar-refractivity contribution in [2.24, 2.45) is 17.3 Å². The van der Waals surface area contributed by atoms with Crippen LogP contribution in [-0.2, 0) is 9.59 Å². The van der Waals surface area contributed by atoms with E-state index in [2.05, 4.69) is 0 Å². The third-order valence-corrected chi connectivity index (χ3v) is 3.42. The lowest BCUT2D eigenvalue weighted by Crippen LogP contribution is -2.20. The number of ketones is 2. The summed E-state index contributed by atoms with van der Waals surface area (Å²) in [6.45, 7) is 4.08. The van der Waals surface area contributed by atoms with Crippen molar-refractivity contribution in [3.63, 3.8) is 0 Å². The maximum atomic E-state index is 11.2. The number of hydrogen-bond donors (Lipinski definition) is 0. The van der Waals surface area contributed by atoms with Crippen molar-refractivity contribution in [3.8, 4) is 0 Å². The first-order valence-electron chi connectivity index (χ1n) is 4.13. The molecule has 11 heavy (non-hydrogen) atoms. The molecule has 2 saturated carbocycles. The second-order valence-corrected chi connectivity index (χ2v) is 4.23. The highest BCUT2D eigenvalue weighted by molar-refractivity contribution is 6.41. The summed E-state index contributed by atoms with van der Waals surface area (Å²) >= 11 is 0. The lowest BCUT2D eigenvalue weighted by Gasteiger charge is -2.20. The Labute approximate surface area is 66.0 Å². The summed E-state index contributed by atoms with van der Waals surface area (Å²) < 4.78 is 0.